The molecule has 28 heavy (non-hydrogen) atoms. The van der Waals surface area contributed by atoms with Crippen molar-refractivity contribution >= 4 is 15.9 Å². The summed E-state index contributed by atoms with van der Waals surface area (Å²) < 4.78 is 46.2. The van der Waals surface area contributed by atoms with Crippen molar-refractivity contribution in [3.05, 3.63) is 65.0 Å². The highest BCUT2D eigenvalue weighted by Gasteiger charge is 2.30. The van der Waals surface area contributed by atoms with Crippen molar-refractivity contribution in [2.24, 2.45) is 0 Å². The van der Waals surface area contributed by atoms with Crippen molar-refractivity contribution < 1.29 is 22.3 Å². The highest BCUT2D eigenvalue weighted by Crippen LogP contribution is 2.23. The monoisotopic (exact) mass is 406 g/mol. The predicted molar refractivity (Wildman–Crippen MR) is 103 cm³/mol. The highest BCUT2D eigenvalue weighted by molar-refractivity contribution is 7.89. The second-order valence-corrected chi connectivity index (χ2v) is 8.62. The Morgan fingerprint density at radius 2 is 1.86 bits per heavy atom. The second kappa shape index (κ2) is 8.38. The lowest BCUT2D eigenvalue weighted by Gasteiger charge is -2.26. The third kappa shape index (κ3) is 4.24. The molecule has 1 amide bonds. The number of rotatable bonds is 5. The van der Waals surface area contributed by atoms with Crippen molar-refractivity contribution in [2.75, 3.05) is 26.3 Å². The van der Waals surface area contributed by atoms with E-state index in [2.05, 4.69) is 5.32 Å². The number of morpholine rings is 1. The van der Waals surface area contributed by atoms with E-state index in [1.807, 2.05) is 38.1 Å². The fourth-order valence-corrected chi connectivity index (χ4v) is 4.70. The molecule has 8 heteroatoms. The first-order valence-electron chi connectivity index (χ1n) is 9.04. The van der Waals surface area contributed by atoms with E-state index in [4.69, 9.17) is 4.74 Å². The lowest BCUT2D eigenvalue weighted by atomic mass is 10.0. The molecule has 3 rings (SSSR count). The van der Waals surface area contributed by atoms with Gasteiger partial charge in [-0.3, -0.25) is 4.79 Å². The van der Waals surface area contributed by atoms with Gasteiger partial charge in [-0.1, -0.05) is 24.3 Å². The van der Waals surface area contributed by atoms with Gasteiger partial charge in [-0.2, -0.15) is 4.31 Å². The molecule has 0 saturated carbocycles. The van der Waals surface area contributed by atoms with Crippen LogP contribution in [0, 0.1) is 12.7 Å². The average Bonchev–Trinajstić information content (AvgIpc) is 2.69. The first kappa shape index (κ1) is 20.4. The Balaban J connectivity index is 1.84. The molecule has 1 N–H and O–H groups in total. The predicted octanol–water partition coefficient (Wildman–Crippen LogP) is 2.65. The molecule has 0 bridgehead atoms. The van der Waals surface area contributed by atoms with Crippen molar-refractivity contribution in [3.63, 3.8) is 0 Å². The fourth-order valence-electron chi connectivity index (χ4n) is 3.20. The molecule has 1 unspecified atom stereocenters. The largest absolute Gasteiger partial charge is 0.379 e. The first-order chi connectivity index (χ1) is 13.3. The maximum absolute atomic E-state index is 14.3. The van der Waals surface area contributed by atoms with Gasteiger partial charge in [0.2, 0.25) is 10.0 Å². The summed E-state index contributed by atoms with van der Waals surface area (Å²) in [6, 6.07) is 10.8. The molecule has 2 aromatic carbocycles. The van der Waals surface area contributed by atoms with Gasteiger partial charge in [0, 0.05) is 18.7 Å². The van der Waals surface area contributed by atoms with E-state index >= 15 is 0 Å². The van der Waals surface area contributed by atoms with Crippen LogP contribution < -0.4 is 5.32 Å². The lowest BCUT2D eigenvalue weighted by molar-refractivity contribution is 0.0729. The standard InChI is InChI=1S/C20H23FN2O4S/c1-14-5-3-4-6-17(14)15(2)22-20(24)16-7-8-18(21)19(13-16)28(25,26)23-9-11-27-12-10-23/h3-8,13,15H,9-12H2,1-2H3,(H,22,24). The van der Waals surface area contributed by atoms with Crippen molar-refractivity contribution in [1.82, 2.24) is 9.62 Å². The summed E-state index contributed by atoms with van der Waals surface area (Å²) in [6.45, 7) is 4.62. The molecule has 1 fully saturated rings. The quantitative estimate of drug-likeness (QED) is 0.828. The van der Waals surface area contributed by atoms with Crippen LogP contribution in [0.25, 0.3) is 0 Å². The number of hydrogen-bond donors (Lipinski definition) is 1. The minimum absolute atomic E-state index is 0.0914. The number of carbonyl (C=O) groups excluding carboxylic acids is 1. The normalized spacial score (nSPS) is 16.5. The minimum atomic E-state index is -4.04. The van der Waals surface area contributed by atoms with Gasteiger partial charge in [0.1, 0.15) is 10.7 Å². The number of nitrogens with zero attached hydrogens (tertiary/aromatic N) is 1. The molecule has 2 aromatic rings. The van der Waals surface area contributed by atoms with Crippen LogP contribution in [-0.2, 0) is 14.8 Å². The van der Waals surface area contributed by atoms with Crippen LogP contribution >= 0.6 is 0 Å². The molecule has 1 heterocycles. The highest BCUT2D eigenvalue weighted by atomic mass is 32.2. The van der Waals surface area contributed by atoms with Crippen LogP contribution in [0.3, 0.4) is 0 Å². The van der Waals surface area contributed by atoms with E-state index in [1.54, 1.807) is 0 Å². The van der Waals surface area contributed by atoms with Crippen LogP contribution in [0.15, 0.2) is 47.4 Å². The van der Waals surface area contributed by atoms with Gasteiger partial charge in [0.05, 0.1) is 19.3 Å². The molecule has 1 aliphatic heterocycles. The zero-order valence-electron chi connectivity index (χ0n) is 15.8. The SMILES string of the molecule is Cc1ccccc1C(C)NC(=O)c1ccc(F)c(S(=O)(=O)N2CCOCC2)c1. The van der Waals surface area contributed by atoms with Crippen molar-refractivity contribution in [1.29, 1.82) is 0 Å². The third-order valence-corrected chi connectivity index (χ3v) is 6.70. The first-order valence-corrected chi connectivity index (χ1v) is 10.5. The van der Waals surface area contributed by atoms with E-state index in [-0.39, 0.29) is 37.9 Å². The Labute approximate surface area is 164 Å². The van der Waals surface area contributed by atoms with Crippen LogP contribution in [0.4, 0.5) is 4.39 Å². The summed E-state index contributed by atoms with van der Waals surface area (Å²) in [5.41, 5.74) is 2.08. The average molecular weight is 406 g/mol. The van der Waals surface area contributed by atoms with Crippen molar-refractivity contribution in [3.8, 4) is 0 Å². The molecule has 1 saturated heterocycles. The summed E-state index contributed by atoms with van der Waals surface area (Å²) in [7, 11) is -4.04. The minimum Gasteiger partial charge on any atom is -0.379 e. The lowest BCUT2D eigenvalue weighted by Crippen LogP contribution is -2.41. The molecular formula is C20H23FN2O4S. The third-order valence-electron chi connectivity index (χ3n) is 4.78. The summed E-state index contributed by atoms with van der Waals surface area (Å²) in [5.74, 6) is -1.34. The van der Waals surface area contributed by atoms with E-state index in [0.717, 1.165) is 23.3 Å². The maximum Gasteiger partial charge on any atom is 0.251 e. The summed E-state index contributed by atoms with van der Waals surface area (Å²) in [4.78, 5) is 12.1. The van der Waals surface area contributed by atoms with E-state index < -0.39 is 26.6 Å². The Bertz CT molecular complexity index is 972. The number of amides is 1. The van der Waals surface area contributed by atoms with Gasteiger partial charge in [0.25, 0.3) is 5.91 Å². The van der Waals surface area contributed by atoms with E-state index in [1.165, 1.54) is 10.4 Å². The molecule has 0 radical (unpaired) electrons. The van der Waals surface area contributed by atoms with Gasteiger partial charge in [0.15, 0.2) is 0 Å². The Morgan fingerprint density at radius 3 is 2.54 bits per heavy atom. The fraction of sp³-hybridized carbons (Fsp3) is 0.350. The molecule has 1 aliphatic rings. The van der Waals surface area contributed by atoms with Gasteiger partial charge in [-0.15, -0.1) is 0 Å². The molecule has 6 nitrogen and oxygen atoms in total. The number of hydrogen-bond acceptors (Lipinski definition) is 4. The molecular weight excluding hydrogens is 383 g/mol. The van der Waals surface area contributed by atoms with E-state index in [0.29, 0.717) is 0 Å². The number of sulfonamides is 1. The van der Waals surface area contributed by atoms with E-state index in [9.17, 15) is 17.6 Å². The number of halogens is 1. The summed E-state index contributed by atoms with van der Waals surface area (Å²) >= 11 is 0. The van der Waals surface area contributed by atoms with Crippen LogP contribution in [-0.4, -0.2) is 44.9 Å². The Morgan fingerprint density at radius 1 is 1.18 bits per heavy atom. The maximum atomic E-state index is 14.3. The molecule has 0 aromatic heterocycles. The zero-order chi connectivity index (χ0) is 20.3. The van der Waals surface area contributed by atoms with Gasteiger partial charge < -0.3 is 10.1 Å². The topological polar surface area (TPSA) is 75.7 Å². The number of benzene rings is 2. The summed E-state index contributed by atoms with van der Waals surface area (Å²) in [5, 5.41) is 2.84. The zero-order valence-corrected chi connectivity index (χ0v) is 16.6. The number of carbonyl (C=O) groups is 1. The molecule has 150 valence electrons. The smallest absolute Gasteiger partial charge is 0.251 e. The van der Waals surface area contributed by atoms with Crippen LogP contribution in [0.5, 0.6) is 0 Å². The van der Waals surface area contributed by atoms with Crippen molar-refractivity contribution in [2.45, 2.75) is 24.8 Å². The molecule has 0 aliphatic carbocycles. The summed E-state index contributed by atoms with van der Waals surface area (Å²) in [6.07, 6.45) is 0. The Hall–Kier alpha value is -2.29. The number of aryl methyl sites for hydroxylation is 1. The number of nitrogens with one attached hydrogen (secondary N) is 1. The van der Waals surface area contributed by atoms with Gasteiger partial charge >= 0.3 is 0 Å². The van der Waals surface area contributed by atoms with Gasteiger partial charge in [-0.25, -0.2) is 12.8 Å². The van der Waals surface area contributed by atoms with Crippen LogP contribution in [0.1, 0.15) is 34.5 Å². The number of ether oxygens (including phenoxy) is 1. The molecule has 0 spiro atoms. The second-order valence-electron chi connectivity index (χ2n) is 6.71. The van der Waals surface area contributed by atoms with Crippen LogP contribution in [0.2, 0.25) is 0 Å². The van der Waals surface area contributed by atoms with Gasteiger partial charge in [-0.05, 0) is 43.2 Å². The molecule has 1 atom stereocenters. The Kier molecular flexibility index (Phi) is 6.12.